The van der Waals surface area contributed by atoms with Gasteiger partial charge in [-0.2, -0.15) is 0 Å². The van der Waals surface area contributed by atoms with E-state index in [9.17, 15) is 0 Å². The molecule has 0 spiro atoms. The van der Waals surface area contributed by atoms with Crippen LogP contribution in [0.5, 0.6) is 0 Å². The predicted molar refractivity (Wildman–Crippen MR) is 63.3 cm³/mol. The molecule has 0 aromatic rings. The van der Waals surface area contributed by atoms with Gasteiger partial charge in [-0.15, -0.1) is 0 Å². The first-order valence-electron chi connectivity index (χ1n) is 4.95. The molecule has 0 heterocycles. The topological polar surface area (TPSA) is 484 Å². The molecule has 0 aliphatic heterocycles. The van der Waals surface area contributed by atoms with E-state index >= 15 is 0 Å². The standard InChI is InChI=1S/7BO3.7ClH.4Fe.4Mg.4Mn/c7*2-1(3)4;;;;;;;;;;;;;;;;;;;/h;;;;;;;7*1H;;;;;;;;;;;;/q7*-3;;;;;;;;4*+3;8*+2/p-7. The van der Waals surface area contributed by atoms with E-state index < -0.39 is 51.2 Å². The van der Waals surface area contributed by atoms with Crippen molar-refractivity contribution < 1.29 is 329 Å². The SMILES string of the molecule is [Cl-].[Cl-].[Cl-].[Cl-].[Cl-].[Cl-].[Cl-].[Fe+3].[Fe+3].[Fe+3].[Fe+3].[Mg+2].[Mg+2].[Mg+2].[Mg+2].[Mn+2].[Mn+2].[Mn+2].[Mn+2].[O-]B([O-])[O-].[O-]B([O-])[O-].[O-]B([O-])[O-].[O-]B([O-])[O-].[O-]B([O-])[O-].[O-]B([O-])[O-].[O-]B([O-])[O-]. The zero-order chi connectivity index (χ0) is 25.0. The second kappa shape index (κ2) is 178. The quantitative estimate of drug-likeness (QED) is 0.203. The summed E-state index contributed by atoms with van der Waals surface area (Å²) >= 11 is 0. The van der Waals surface area contributed by atoms with Crippen molar-refractivity contribution in [3.8, 4) is 0 Å². The number of halogens is 7. The van der Waals surface area contributed by atoms with Gasteiger partial charge in [-0.3, -0.25) is 51.2 Å². The van der Waals surface area contributed by atoms with Gasteiger partial charge in [-0.05, 0) is 0 Å². The summed E-state index contributed by atoms with van der Waals surface area (Å²) in [7, 11) is -20.4. The maximum atomic E-state index is 8.42. The van der Waals surface area contributed by atoms with E-state index in [1.165, 1.54) is 0 Å². The van der Waals surface area contributed by atoms with Crippen molar-refractivity contribution in [3.63, 3.8) is 0 Å². The molecule has 0 amide bonds. The molecule has 0 rings (SSSR count). The van der Waals surface area contributed by atoms with Gasteiger partial charge in [0.05, 0.1) is 0 Å². The summed E-state index contributed by atoms with van der Waals surface area (Å²) in [4.78, 5) is 0. The van der Waals surface area contributed by atoms with Crippen molar-refractivity contribution in [1.82, 2.24) is 0 Å². The van der Waals surface area contributed by atoms with Crippen molar-refractivity contribution >= 4 is 143 Å². The molecule has 21 nitrogen and oxygen atoms in total. The van der Waals surface area contributed by atoms with Gasteiger partial charge in [0.15, 0.2) is 0 Å². The van der Waals surface area contributed by atoms with E-state index in [-0.39, 0.29) is 316 Å². The average molecular weight is 1200 g/mol. The fourth-order valence-corrected chi connectivity index (χ4v) is 0. The minimum atomic E-state index is -2.92. The molecule has 0 aromatic heterocycles. The molecule has 0 aliphatic rings. The van der Waals surface area contributed by atoms with Crippen LogP contribution >= 0.6 is 0 Å². The Balaban J connectivity index is -0.00000000427. The molecule has 0 unspecified atom stereocenters. The number of hydrogen-bond acceptors (Lipinski definition) is 21. The third kappa shape index (κ3) is 1950. The molecule has 0 bridgehead atoms. The molecule has 47 heteroatoms. The average Bonchev–Trinajstić information content (AvgIpc) is 2.20. The first-order valence-corrected chi connectivity index (χ1v) is 4.95. The molecule has 0 fully saturated rings. The van der Waals surface area contributed by atoms with Crippen molar-refractivity contribution in [2.24, 2.45) is 0 Å². The van der Waals surface area contributed by atoms with E-state index in [1.54, 1.807) is 0 Å². The fraction of sp³-hybridized carbons (Fsp3) is 0. The van der Waals surface area contributed by atoms with E-state index in [1.807, 2.05) is 0 Å². The molecule has 0 saturated carbocycles. The van der Waals surface area contributed by atoms with Crippen LogP contribution in [-0.4, -0.2) is 143 Å². The first-order chi connectivity index (χ1) is 12.1. The van der Waals surface area contributed by atoms with E-state index in [2.05, 4.69) is 0 Å². The Morgan fingerprint density at radius 3 is 0.170 bits per heavy atom. The van der Waals surface area contributed by atoms with Gasteiger partial charge in [0.25, 0.3) is 0 Å². The monoisotopic (exact) mass is 1200 g/mol. The maximum absolute atomic E-state index is 8.42. The van der Waals surface area contributed by atoms with Crippen LogP contribution < -0.4 is 192 Å². The van der Waals surface area contributed by atoms with Crippen molar-refractivity contribution in [2.45, 2.75) is 0 Å². The van der Waals surface area contributed by atoms with Crippen molar-refractivity contribution in [1.29, 1.82) is 0 Å². The smallest absolute Gasteiger partial charge is 1.00 e. The maximum Gasteiger partial charge on any atom is 3.00 e. The summed E-state index contributed by atoms with van der Waals surface area (Å²) in [6.07, 6.45) is 0. The number of rotatable bonds is 0. The van der Waals surface area contributed by atoms with Gasteiger partial charge in [0, 0.05) is 0 Å². The molecule has 0 N–H and O–H groups in total. The molecule has 8 radical (unpaired) electrons. The Hall–Kier alpha value is 8.87. The summed E-state index contributed by atoms with van der Waals surface area (Å²) in [6, 6.07) is 0. The van der Waals surface area contributed by atoms with Crippen LogP contribution in [0.2, 0.25) is 0 Å². The Bertz CT molecular complexity index is 198. The summed E-state index contributed by atoms with van der Waals surface area (Å²) < 4.78 is 0. The molecular formula is B7Cl7Fe4Mg4Mn4O21. The minimum absolute atomic E-state index is 0. The van der Waals surface area contributed by atoms with Crippen LogP contribution in [0.15, 0.2) is 0 Å². The summed E-state index contributed by atoms with van der Waals surface area (Å²) in [5.41, 5.74) is 0. The predicted octanol–water partition coefficient (Wildman–Crippen LogP) is -50.1. The van der Waals surface area contributed by atoms with Crippen LogP contribution in [-0.2, 0) is 137 Å². The van der Waals surface area contributed by atoms with Gasteiger partial charge >= 0.3 is 229 Å². The molecule has 0 saturated heterocycles. The summed E-state index contributed by atoms with van der Waals surface area (Å²) in [5, 5.41) is 177. The second-order valence-electron chi connectivity index (χ2n) is 2.02. The fourth-order valence-electron chi connectivity index (χ4n) is 0. The molecule has 0 aromatic carbocycles. The second-order valence-corrected chi connectivity index (χ2v) is 2.02. The van der Waals surface area contributed by atoms with Crippen LogP contribution in [0.3, 0.4) is 0 Å². The Morgan fingerprint density at radius 1 is 0.170 bits per heavy atom. The van der Waals surface area contributed by atoms with Gasteiger partial charge < -0.3 is 192 Å². The Labute approximate surface area is 464 Å². The molecular weight excluding hydrogens is 1200 g/mol. The number of hydrogen-bond donors (Lipinski definition) is 0. The zero-order valence-corrected chi connectivity index (χ0v) is 41.1. The van der Waals surface area contributed by atoms with Crippen LogP contribution in [0, 0.1) is 0 Å². The van der Waals surface area contributed by atoms with Crippen LogP contribution in [0.1, 0.15) is 0 Å². The van der Waals surface area contributed by atoms with Crippen molar-refractivity contribution in [3.05, 3.63) is 0 Å². The third-order valence-electron chi connectivity index (χ3n) is 0. The Morgan fingerprint density at radius 2 is 0.170 bits per heavy atom. The molecule has 0 atom stereocenters. The molecule has 0 aliphatic carbocycles. The Kier molecular flexibility index (Phi) is 716. The normalized spacial score (nSPS) is 4.02. The van der Waals surface area contributed by atoms with E-state index in [0.717, 1.165) is 0 Å². The van der Waals surface area contributed by atoms with Gasteiger partial charge in [0.1, 0.15) is 0 Å². The third-order valence-corrected chi connectivity index (χ3v) is 0. The summed E-state index contributed by atoms with van der Waals surface area (Å²) in [5.74, 6) is 0. The van der Waals surface area contributed by atoms with Gasteiger partial charge in [-0.25, -0.2) is 0 Å². The van der Waals surface area contributed by atoms with Crippen LogP contribution in [0.4, 0.5) is 0 Å². The molecule has 264 valence electrons. The van der Waals surface area contributed by atoms with E-state index in [4.69, 9.17) is 106 Å². The van der Waals surface area contributed by atoms with Gasteiger partial charge in [-0.1, -0.05) is 0 Å². The van der Waals surface area contributed by atoms with Crippen molar-refractivity contribution in [2.75, 3.05) is 0 Å². The van der Waals surface area contributed by atoms with E-state index in [0.29, 0.717) is 0 Å². The van der Waals surface area contributed by atoms with Crippen LogP contribution in [0.25, 0.3) is 0 Å². The molecule has 47 heavy (non-hydrogen) atoms. The minimum Gasteiger partial charge on any atom is -1.00 e. The van der Waals surface area contributed by atoms with Gasteiger partial charge in [0.2, 0.25) is 0 Å². The largest absolute Gasteiger partial charge is 3.00 e. The first kappa shape index (κ1) is 189. The summed E-state index contributed by atoms with van der Waals surface area (Å²) in [6.45, 7) is 0. The zero-order valence-electron chi connectivity index (χ0n) is 21.0.